The zero-order valence-electron chi connectivity index (χ0n) is 5.70. The second kappa shape index (κ2) is 3.27. The van der Waals surface area contributed by atoms with Crippen LogP contribution < -0.4 is 0 Å². The van der Waals surface area contributed by atoms with Gasteiger partial charge in [-0.3, -0.25) is 0 Å². The van der Waals surface area contributed by atoms with E-state index in [1.165, 1.54) is 0 Å². The van der Waals surface area contributed by atoms with Crippen LogP contribution in [0.5, 0.6) is 0 Å². The van der Waals surface area contributed by atoms with E-state index in [1.807, 2.05) is 19.1 Å². The molecule has 0 aromatic heterocycles. The van der Waals surface area contributed by atoms with Crippen molar-refractivity contribution in [3.05, 3.63) is 33.9 Å². The molecule has 0 saturated heterocycles. The number of hydrogen-bond donors (Lipinski definition) is 0. The maximum absolute atomic E-state index is 5.84. The first kappa shape index (κ1) is 7.90. The zero-order valence-corrected chi connectivity index (χ0v) is 7.21. The van der Waals surface area contributed by atoms with E-state index in [2.05, 4.69) is 0 Å². The molecule has 0 nitrogen and oxygen atoms in total. The molecular formula is C8H8Cl2. The Kier molecular flexibility index (Phi) is 2.58. The van der Waals surface area contributed by atoms with Gasteiger partial charge >= 0.3 is 0 Å². The highest BCUT2D eigenvalue weighted by atomic mass is 35.5. The molecule has 0 saturated carbocycles. The summed E-state index contributed by atoms with van der Waals surface area (Å²) in [6, 6.07) is 0. The van der Waals surface area contributed by atoms with Gasteiger partial charge in [0.15, 0.2) is 0 Å². The van der Waals surface area contributed by atoms with Gasteiger partial charge in [0.25, 0.3) is 0 Å². The molecule has 10 heavy (non-hydrogen) atoms. The minimum absolute atomic E-state index is 0.759. The fraction of sp³-hybridized carbons (Fsp3) is 0.250. The van der Waals surface area contributed by atoms with Crippen LogP contribution in [-0.2, 0) is 0 Å². The van der Waals surface area contributed by atoms with Crippen molar-refractivity contribution in [2.24, 2.45) is 0 Å². The van der Waals surface area contributed by atoms with E-state index in [0.29, 0.717) is 0 Å². The van der Waals surface area contributed by atoms with Gasteiger partial charge in [-0.25, -0.2) is 0 Å². The molecule has 0 N–H and O–H groups in total. The van der Waals surface area contributed by atoms with Crippen molar-refractivity contribution in [3.8, 4) is 0 Å². The van der Waals surface area contributed by atoms with Gasteiger partial charge in [0.05, 0.1) is 0 Å². The van der Waals surface area contributed by atoms with Gasteiger partial charge in [0, 0.05) is 10.1 Å². The minimum atomic E-state index is 0.759. The summed E-state index contributed by atoms with van der Waals surface area (Å²) in [6.45, 7) is 2.00. The van der Waals surface area contributed by atoms with Gasteiger partial charge in [-0.15, -0.1) is 0 Å². The monoisotopic (exact) mass is 174 g/mol. The second-order valence-corrected chi connectivity index (χ2v) is 3.10. The van der Waals surface area contributed by atoms with Crippen LogP contribution in [0.25, 0.3) is 0 Å². The standard InChI is InChI=1S/C8H8Cl2/c1-6-2-3-7(9)4-5-8(6)10/h3-5H,2H2,1H3. The van der Waals surface area contributed by atoms with Crippen LogP contribution in [0.15, 0.2) is 33.9 Å². The van der Waals surface area contributed by atoms with Crippen molar-refractivity contribution in [3.63, 3.8) is 0 Å². The minimum Gasteiger partial charge on any atom is -0.0847 e. The maximum Gasteiger partial charge on any atom is 0.0398 e. The van der Waals surface area contributed by atoms with Crippen molar-refractivity contribution in [2.45, 2.75) is 13.3 Å². The molecule has 0 bridgehead atoms. The highest BCUT2D eigenvalue weighted by Crippen LogP contribution is 2.21. The summed E-state index contributed by atoms with van der Waals surface area (Å²) >= 11 is 11.6. The molecule has 0 unspecified atom stereocenters. The first-order valence-electron chi connectivity index (χ1n) is 3.09. The van der Waals surface area contributed by atoms with Gasteiger partial charge < -0.3 is 0 Å². The van der Waals surface area contributed by atoms with E-state index >= 15 is 0 Å². The van der Waals surface area contributed by atoms with E-state index in [9.17, 15) is 0 Å². The lowest BCUT2D eigenvalue weighted by Crippen LogP contribution is -1.73. The smallest absolute Gasteiger partial charge is 0.0398 e. The first-order chi connectivity index (χ1) is 4.70. The molecule has 1 rings (SSSR count). The van der Waals surface area contributed by atoms with Crippen molar-refractivity contribution in [1.82, 2.24) is 0 Å². The van der Waals surface area contributed by atoms with Crippen LogP contribution in [-0.4, -0.2) is 0 Å². The quantitative estimate of drug-likeness (QED) is 0.527. The Balaban J connectivity index is 2.89. The first-order valence-corrected chi connectivity index (χ1v) is 3.85. The van der Waals surface area contributed by atoms with E-state index < -0.39 is 0 Å². The molecule has 1 aliphatic carbocycles. The van der Waals surface area contributed by atoms with Gasteiger partial charge in [-0.2, -0.15) is 0 Å². The molecule has 0 aliphatic heterocycles. The average Bonchev–Trinajstić information content (AvgIpc) is 2.04. The second-order valence-electron chi connectivity index (χ2n) is 2.25. The fourth-order valence-corrected chi connectivity index (χ4v) is 0.991. The summed E-state index contributed by atoms with van der Waals surface area (Å²) in [5, 5.41) is 1.56. The molecule has 0 heterocycles. The van der Waals surface area contributed by atoms with Gasteiger partial charge in [-0.1, -0.05) is 34.9 Å². The maximum atomic E-state index is 5.84. The molecule has 0 atom stereocenters. The number of allylic oxidation sites excluding steroid dienone is 6. The third-order valence-corrected chi connectivity index (χ3v) is 2.13. The SMILES string of the molecule is CC1=C(Cl)C=CC(Cl)=CC1. The van der Waals surface area contributed by atoms with Gasteiger partial charge in [-0.05, 0) is 25.5 Å². The van der Waals surface area contributed by atoms with Gasteiger partial charge in [0.1, 0.15) is 0 Å². The van der Waals surface area contributed by atoms with E-state index in [1.54, 1.807) is 6.08 Å². The zero-order chi connectivity index (χ0) is 7.56. The molecule has 0 amide bonds. The van der Waals surface area contributed by atoms with Crippen LogP contribution in [0.3, 0.4) is 0 Å². The lowest BCUT2D eigenvalue weighted by Gasteiger charge is -1.93. The highest BCUT2D eigenvalue weighted by molar-refractivity contribution is 6.33. The summed E-state index contributed by atoms with van der Waals surface area (Å²) in [7, 11) is 0. The van der Waals surface area contributed by atoms with Crippen molar-refractivity contribution in [2.75, 3.05) is 0 Å². The lowest BCUT2D eigenvalue weighted by atomic mass is 10.2. The summed E-state index contributed by atoms with van der Waals surface area (Å²) in [5.74, 6) is 0. The lowest BCUT2D eigenvalue weighted by molar-refractivity contribution is 1.21. The number of hydrogen-bond acceptors (Lipinski definition) is 0. The van der Waals surface area contributed by atoms with Crippen molar-refractivity contribution >= 4 is 23.2 Å². The van der Waals surface area contributed by atoms with E-state index in [0.717, 1.165) is 22.1 Å². The average molecular weight is 175 g/mol. The van der Waals surface area contributed by atoms with E-state index in [-0.39, 0.29) is 0 Å². The molecule has 2 heteroatoms. The van der Waals surface area contributed by atoms with Crippen LogP contribution >= 0.6 is 23.2 Å². The van der Waals surface area contributed by atoms with E-state index in [4.69, 9.17) is 23.2 Å². The third-order valence-electron chi connectivity index (χ3n) is 1.40. The number of halogens is 2. The summed E-state index contributed by atoms with van der Waals surface area (Å²) in [5.41, 5.74) is 1.16. The predicted octanol–water partition coefficient (Wildman–Crippen LogP) is 3.58. The summed E-state index contributed by atoms with van der Waals surface area (Å²) in [4.78, 5) is 0. The summed E-state index contributed by atoms with van der Waals surface area (Å²) < 4.78 is 0. The molecule has 54 valence electrons. The Morgan fingerprint density at radius 3 is 2.70 bits per heavy atom. The number of rotatable bonds is 0. The van der Waals surface area contributed by atoms with Crippen LogP contribution in [0.1, 0.15) is 13.3 Å². The molecule has 0 fully saturated rings. The Labute approximate surface area is 70.8 Å². The molecule has 0 aromatic carbocycles. The third kappa shape index (κ3) is 1.89. The van der Waals surface area contributed by atoms with Crippen LogP contribution in [0.2, 0.25) is 0 Å². The van der Waals surface area contributed by atoms with Crippen molar-refractivity contribution in [1.29, 1.82) is 0 Å². The normalized spacial score (nSPS) is 18.9. The molecule has 0 spiro atoms. The largest absolute Gasteiger partial charge is 0.0847 e. The fourth-order valence-electron chi connectivity index (χ4n) is 0.711. The Morgan fingerprint density at radius 2 is 2.00 bits per heavy atom. The molecule has 0 aromatic rings. The topological polar surface area (TPSA) is 0 Å². The van der Waals surface area contributed by atoms with Crippen LogP contribution in [0, 0.1) is 0 Å². The van der Waals surface area contributed by atoms with Gasteiger partial charge in [0.2, 0.25) is 0 Å². The molecule has 0 radical (unpaired) electrons. The highest BCUT2D eigenvalue weighted by Gasteiger charge is 1.98. The summed E-state index contributed by atoms with van der Waals surface area (Å²) in [6.07, 6.45) is 6.43. The predicted molar refractivity (Wildman–Crippen MR) is 46.2 cm³/mol. The van der Waals surface area contributed by atoms with Crippen LogP contribution in [0.4, 0.5) is 0 Å². The Hall–Kier alpha value is -0.200. The van der Waals surface area contributed by atoms with Crippen molar-refractivity contribution < 1.29 is 0 Å². The Bertz CT molecular complexity index is 221. The Morgan fingerprint density at radius 1 is 1.30 bits per heavy atom. The molecule has 1 aliphatic rings. The molecular weight excluding hydrogens is 167 g/mol.